The number of nitriles is 1. The maximum atomic E-state index is 8.76. The second kappa shape index (κ2) is 4.77. The number of rotatable bonds is 2. The summed E-state index contributed by atoms with van der Waals surface area (Å²) in [6, 6.07) is 9.50. The van der Waals surface area contributed by atoms with Crippen LogP contribution in [-0.2, 0) is 0 Å². The van der Waals surface area contributed by atoms with Gasteiger partial charge in [-0.15, -0.1) is 0 Å². The minimum absolute atomic E-state index is 0.677. The molecule has 0 fully saturated rings. The van der Waals surface area contributed by atoms with Crippen LogP contribution in [0.5, 0.6) is 0 Å². The van der Waals surface area contributed by atoms with E-state index < -0.39 is 0 Å². The Morgan fingerprint density at radius 2 is 2.00 bits per heavy atom. The van der Waals surface area contributed by atoms with Crippen molar-refractivity contribution < 1.29 is 0 Å². The van der Waals surface area contributed by atoms with Gasteiger partial charge in [-0.05, 0) is 48.5 Å². The van der Waals surface area contributed by atoms with E-state index in [9.17, 15) is 0 Å². The molecule has 2 aromatic rings. The van der Waals surface area contributed by atoms with Crippen LogP contribution in [0.15, 0.2) is 46.7 Å². The predicted molar refractivity (Wildman–Crippen MR) is 62.0 cm³/mol. The Morgan fingerprint density at radius 3 is 2.62 bits per heavy atom. The Morgan fingerprint density at radius 1 is 1.25 bits per heavy atom. The molecule has 1 aromatic heterocycles. The predicted octanol–water partition coefficient (Wildman–Crippen LogP) is 2.81. The first kappa shape index (κ1) is 10.7. The summed E-state index contributed by atoms with van der Waals surface area (Å²) >= 11 is 1.50. The third-order valence-corrected chi connectivity index (χ3v) is 3.12. The summed E-state index contributed by atoms with van der Waals surface area (Å²) in [6.45, 7) is 1.98. The molecular formula is C12H9N3S. The molecule has 4 heteroatoms. The summed E-state index contributed by atoms with van der Waals surface area (Å²) in [7, 11) is 0. The van der Waals surface area contributed by atoms with Gasteiger partial charge in [-0.25, -0.2) is 9.97 Å². The van der Waals surface area contributed by atoms with E-state index in [0.717, 1.165) is 15.6 Å². The molecule has 16 heavy (non-hydrogen) atoms. The van der Waals surface area contributed by atoms with Crippen molar-refractivity contribution in [3.8, 4) is 6.07 Å². The average molecular weight is 227 g/mol. The number of nitrogens with zero attached hydrogens (tertiary/aromatic N) is 3. The van der Waals surface area contributed by atoms with Crippen LogP contribution < -0.4 is 0 Å². The molecule has 0 bridgehead atoms. The lowest BCUT2D eigenvalue weighted by atomic mass is 10.2. The highest BCUT2D eigenvalue weighted by molar-refractivity contribution is 7.99. The lowest BCUT2D eigenvalue weighted by molar-refractivity contribution is 0.966. The van der Waals surface area contributed by atoms with E-state index in [4.69, 9.17) is 5.26 Å². The lowest BCUT2D eigenvalue weighted by Crippen LogP contribution is -1.86. The molecule has 0 spiro atoms. The second-order valence-electron chi connectivity index (χ2n) is 3.23. The first-order valence-corrected chi connectivity index (χ1v) is 5.57. The monoisotopic (exact) mass is 227 g/mol. The summed E-state index contributed by atoms with van der Waals surface area (Å²) < 4.78 is 0. The molecule has 0 aliphatic rings. The van der Waals surface area contributed by atoms with Crippen molar-refractivity contribution in [3.63, 3.8) is 0 Å². The van der Waals surface area contributed by atoms with Gasteiger partial charge >= 0.3 is 0 Å². The zero-order chi connectivity index (χ0) is 11.4. The molecule has 0 radical (unpaired) electrons. The Hall–Kier alpha value is -1.86. The Bertz CT molecular complexity index is 532. The van der Waals surface area contributed by atoms with Gasteiger partial charge in [0, 0.05) is 17.3 Å². The van der Waals surface area contributed by atoms with Gasteiger partial charge in [0.25, 0.3) is 0 Å². The molecule has 1 heterocycles. The first-order chi connectivity index (χ1) is 7.79. The van der Waals surface area contributed by atoms with Crippen molar-refractivity contribution in [1.29, 1.82) is 5.26 Å². The molecule has 0 N–H and O–H groups in total. The van der Waals surface area contributed by atoms with Gasteiger partial charge in [-0.1, -0.05) is 0 Å². The number of aromatic nitrogens is 2. The molecule has 0 atom stereocenters. The summed E-state index contributed by atoms with van der Waals surface area (Å²) in [4.78, 5) is 9.36. The van der Waals surface area contributed by atoms with E-state index in [2.05, 4.69) is 16.0 Å². The van der Waals surface area contributed by atoms with Crippen LogP contribution >= 0.6 is 11.8 Å². The highest BCUT2D eigenvalue weighted by atomic mass is 32.2. The maximum absolute atomic E-state index is 8.76. The van der Waals surface area contributed by atoms with Crippen LogP contribution in [0.3, 0.4) is 0 Å². The zero-order valence-corrected chi connectivity index (χ0v) is 9.53. The molecular weight excluding hydrogens is 218 g/mol. The van der Waals surface area contributed by atoms with Crippen LogP contribution in [0.1, 0.15) is 11.1 Å². The van der Waals surface area contributed by atoms with Crippen LogP contribution in [0.4, 0.5) is 0 Å². The number of aryl methyl sites for hydroxylation is 1. The largest absolute Gasteiger partial charge is 0.231 e. The van der Waals surface area contributed by atoms with Crippen molar-refractivity contribution >= 4 is 11.8 Å². The van der Waals surface area contributed by atoms with Crippen molar-refractivity contribution in [3.05, 3.63) is 47.8 Å². The average Bonchev–Trinajstić information content (AvgIpc) is 2.33. The molecule has 3 nitrogen and oxygen atoms in total. The summed E-state index contributed by atoms with van der Waals surface area (Å²) in [5.41, 5.74) is 1.74. The summed E-state index contributed by atoms with van der Waals surface area (Å²) in [5, 5.41) is 9.48. The summed E-state index contributed by atoms with van der Waals surface area (Å²) in [6.07, 6.45) is 3.43. The van der Waals surface area contributed by atoms with Crippen LogP contribution in [-0.4, -0.2) is 9.97 Å². The molecule has 0 saturated carbocycles. The van der Waals surface area contributed by atoms with E-state index in [1.165, 1.54) is 11.8 Å². The Kier molecular flexibility index (Phi) is 3.18. The van der Waals surface area contributed by atoms with Crippen molar-refractivity contribution in [1.82, 2.24) is 9.97 Å². The van der Waals surface area contributed by atoms with Gasteiger partial charge < -0.3 is 0 Å². The number of hydrogen-bond donors (Lipinski definition) is 0. The van der Waals surface area contributed by atoms with E-state index in [1.54, 1.807) is 24.5 Å². The fraction of sp³-hybridized carbons (Fsp3) is 0.0833. The van der Waals surface area contributed by atoms with Crippen LogP contribution in [0.25, 0.3) is 0 Å². The van der Waals surface area contributed by atoms with Gasteiger partial charge in [0.1, 0.15) is 0 Å². The van der Waals surface area contributed by atoms with Crippen LogP contribution in [0.2, 0.25) is 0 Å². The van der Waals surface area contributed by atoms with E-state index in [-0.39, 0.29) is 0 Å². The van der Waals surface area contributed by atoms with Crippen molar-refractivity contribution in [2.45, 2.75) is 17.0 Å². The summed E-state index contributed by atoms with van der Waals surface area (Å²) in [5.74, 6) is 0. The zero-order valence-electron chi connectivity index (χ0n) is 8.71. The first-order valence-electron chi connectivity index (χ1n) is 4.75. The SMILES string of the molecule is Cc1cc(C#N)ccc1Sc1ncccn1. The topological polar surface area (TPSA) is 49.6 Å². The van der Waals surface area contributed by atoms with Gasteiger partial charge in [0.2, 0.25) is 0 Å². The van der Waals surface area contributed by atoms with Crippen molar-refractivity contribution in [2.24, 2.45) is 0 Å². The lowest BCUT2D eigenvalue weighted by Gasteiger charge is -2.03. The van der Waals surface area contributed by atoms with Gasteiger partial charge in [-0.2, -0.15) is 5.26 Å². The quantitative estimate of drug-likeness (QED) is 0.740. The molecule has 0 unspecified atom stereocenters. The molecule has 0 amide bonds. The van der Waals surface area contributed by atoms with E-state index >= 15 is 0 Å². The van der Waals surface area contributed by atoms with Gasteiger partial charge in [0.05, 0.1) is 11.6 Å². The minimum atomic E-state index is 0.677. The number of benzene rings is 1. The van der Waals surface area contributed by atoms with Crippen LogP contribution in [0, 0.1) is 18.3 Å². The minimum Gasteiger partial charge on any atom is -0.231 e. The fourth-order valence-corrected chi connectivity index (χ4v) is 2.05. The Labute approximate surface area is 98.2 Å². The highest BCUT2D eigenvalue weighted by Crippen LogP contribution is 2.27. The fourth-order valence-electron chi connectivity index (χ4n) is 1.27. The highest BCUT2D eigenvalue weighted by Gasteiger charge is 2.03. The molecule has 0 saturated heterocycles. The molecule has 0 aliphatic heterocycles. The third-order valence-electron chi connectivity index (χ3n) is 2.05. The standard InChI is InChI=1S/C12H9N3S/c1-9-7-10(8-13)3-4-11(9)16-12-14-5-2-6-15-12/h2-7H,1H3. The molecule has 2 rings (SSSR count). The van der Waals surface area contributed by atoms with Crippen molar-refractivity contribution in [2.75, 3.05) is 0 Å². The smallest absolute Gasteiger partial charge is 0.192 e. The third kappa shape index (κ3) is 2.38. The molecule has 0 aliphatic carbocycles. The van der Waals surface area contributed by atoms with Gasteiger partial charge in [-0.3, -0.25) is 0 Å². The van der Waals surface area contributed by atoms with Gasteiger partial charge in [0.15, 0.2) is 5.16 Å². The Balaban J connectivity index is 2.27. The maximum Gasteiger partial charge on any atom is 0.192 e. The molecule has 1 aromatic carbocycles. The van der Waals surface area contributed by atoms with E-state index in [1.807, 2.05) is 19.1 Å². The molecule has 78 valence electrons. The van der Waals surface area contributed by atoms with E-state index in [0.29, 0.717) is 5.56 Å². The number of hydrogen-bond acceptors (Lipinski definition) is 4. The normalized spacial score (nSPS) is 9.75. The second-order valence-corrected chi connectivity index (χ2v) is 4.23.